The third-order valence-corrected chi connectivity index (χ3v) is 7.50. The van der Waals surface area contributed by atoms with Gasteiger partial charge in [0, 0.05) is 42.5 Å². The van der Waals surface area contributed by atoms with Crippen LogP contribution in [-0.4, -0.2) is 48.4 Å². The number of hydrogen-bond acceptors (Lipinski definition) is 3. The van der Waals surface area contributed by atoms with Gasteiger partial charge in [-0.3, -0.25) is 4.79 Å². The standard InChI is InChI=1S/C22H32N2OS/c25-21(10-9-20-8-4-15-26-20)24-14-12-22(18-24)11-5-13-23(17-22)16-19-6-2-1-3-7-19/h4,8-10,15,19H,1-3,5-7,11-14,16-18H2/b10-9+. The second kappa shape index (κ2) is 8.26. The highest BCUT2D eigenvalue weighted by Crippen LogP contribution is 2.39. The average molecular weight is 373 g/mol. The number of likely N-dealkylation sites (tertiary alicyclic amines) is 2. The lowest BCUT2D eigenvalue weighted by Gasteiger charge is -2.42. The van der Waals surface area contributed by atoms with Gasteiger partial charge < -0.3 is 9.80 Å². The predicted octanol–water partition coefficient (Wildman–Crippen LogP) is 4.66. The minimum atomic E-state index is 0.194. The number of carbonyl (C=O) groups is 1. The lowest BCUT2D eigenvalue weighted by Crippen LogP contribution is -2.46. The van der Waals surface area contributed by atoms with Crippen LogP contribution in [0.3, 0.4) is 0 Å². The number of piperidine rings is 1. The van der Waals surface area contributed by atoms with Crippen LogP contribution in [0.5, 0.6) is 0 Å². The average Bonchev–Trinajstić information content (AvgIpc) is 3.31. The molecule has 1 aliphatic carbocycles. The summed E-state index contributed by atoms with van der Waals surface area (Å²) in [5.74, 6) is 1.12. The Morgan fingerprint density at radius 2 is 2.04 bits per heavy atom. The smallest absolute Gasteiger partial charge is 0.246 e. The quantitative estimate of drug-likeness (QED) is 0.718. The molecule has 1 atom stereocenters. The summed E-state index contributed by atoms with van der Waals surface area (Å²) in [5.41, 5.74) is 0.360. The fraction of sp³-hybridized carbons (Fsp3) is 0.682. The van der Waals surface area contributed by atoms with E-state index in [0.717, 1.165) is 23.9 Å². The maximum atomic E-state index is 12.6. The van der Waals surface area contributed by atoms with Gasteiger partial charge in [0.2, 0.25) is 5.91 Å². The molecule has 4 heteroatoms. The summed E-state index contributed by atoms with van der Waals surface area (Å²) >= 11 is 1.68. The highest BCUT2D eigenvalue weighted by Gasteiger charge is 2.42. The Bertz CT molecular complexity index is 620. The molecule has 0 aromatic carbocycles. The van der Waals surface area contributed by atoms with E-state index in [4.69, 9.17) is 0 Å². The molecule has 2 saturated heterocycles. The molecule has 0 radical (unpaired) electrons. The number of amides is 1. The molecule has 4 rings (SSSR count). The van der Waals surface area contributed by atoms with Gasteiger partial charge in [-0.1, -0.05) is 25.3 Å². The molecule has 1 amide bonds. The maximum Gasteiger partial charge on any atom is 0.246 e. The van der Waals surface area contributed by atoms with E-state index in [1.165, 1.54) is 71.0 Å². The highest BCUT2D eigenvalue weighted by atomic mass is 32.1. The van der Waals surface area contributed by atoms with Crippen molar-refractivity contribution in [3.63, 3.8) is 0 Å². The minimum absolute atomic E-state index is 0.194. The van der Waals surface area contributed by atoms with Crippen LogP contribution in [0.4, 0.5) is 0 Å². The summed E-state index contributed by atoms with van der Waals surface area (Å²) in [6.07, 6.45) is 14.7. The van der Waals surface area contributed by atoms with Crippen LogP contribution in [0.25, 0.3) is 6.08 Å². The maximum absolute atomic E-state index is 12.6. The van der Waals surface area contributed by atoms with Gasteiger partial charge in [0.05, 0.1) is 0 Å². The Morgan fingerprint density at radius 3 is 2.85 bits per heavy atom. The zero-order valence-corrected chi connectivity index (χ0v) is 16.7. The summed E-state index contributed by atoms with van der Waals surface area (Å²) in [4.78, 5) is 18.6. The van der Waals surface area contributed by atoms with Crippen molar-refractivity contribution in [3.8, 4) is 0 Å². The van der Waals surface area contributed by atoms with Crippen molar-refractivity contribution in [2.75, 3.05) is 32.7 Å². The largest absolute Gasteiger partial charge is 0.339 e. The van der Waals surface area contributed by atoms with Crippen molar-refractivity contribution >= 4 is 23.3 Å². The monoisotopic (exact) mass is 372 g/mol. The number of hydrogen-bond donors (Lipinski definition) is 0. The number of carbonyl (C=O) groups excluding carboxylic acids is 1. The van der Waals surface area contributed by atoms with Gasteiger partial charge in [-0.05, 0) is 62.1 Å². The lowest BCUT2D eigenvalue weighted by molar-refractivity contribution is -0.125. The molecule has 1 aromatic heterocycles. The molecule has 1 aromatic rings. The molecule has 0 N–H and O–H groups in total. The second-order valence-corrected chi connectivity index (χ2v) is 9.68. The SMILES string of the molecule is O=C(/C=C/c1cccs1)N1CCC2(CCCN(CC3CCCCC3)C2)C1. The van der Waals surface area contributed by atoms with Gasteiger partial charge in [-0.2, -0.15) is 0 Å². The van der Waals surface area contributed by atoms with Crippen molar-refractivity contribution in [2.24, 2.45) is 11.3 Å². The third kappa shape index (κ3) is 4.40. The van der Waals surface area contributed by atoms with E-state index in [-0.39, 0.29) is 5.91 Å². The molecule has 2 aliphatic heterocycles. The van der Waals surface area contributed by atoms with Crippen molar-refractivity contribution in [2.45, 2.75) is 51.4 Å². The van der Waals surface area contributed by atoms with Crippen molar-refractivity contribution < 1.29 is 4.79 Å². The Labute approximate surface area is 162 Å². The topological polar surface area (TPSA) is 23.6 Å². The van der Waals surface area contributed by atoms with Crippen LogP contribution >= 0.6 is 11.3 Å². The number of rotatable bonds is 4. The molecule has 3 fully saturated rings. The Kier molecular flexibility index (Phi) is 5.80. The van der Waals surface area contributed by atoms with Gasteiger partial charge in [-0.25, -0.2) is 0 Å². The number of nitrogens with zero attached hydrogens (tertiary/aromatic N) is 2. The molecule has 142 valence electrons. The van der Waals surface area contributed by atoms with E-state index < -0.39 is 0 Å². The van der Waals surface area contributed by atoms with Gasteiger partial charge in [0.15, 0.2) is 0 Å². The van der Waals surface area contributed by atoms with Crippen molar-refractivity contribution in [3.05, 3.63) is 28.5 Å². The van der Waals surface area contributed by atoms with Crippen molar-refractivity contribution in [1.29, 1.82) is 0 Å². The molecular formula is C22H32N2OS. The first-order valence-corrected chi connectivity index (χ1v) is 11.3. The van der Waals surface area contributed by atoms with Crippen LogP contribution in [0.2, 0.25) is 0 Å². The number of thiophene rings is 1. The zero-order valence-electron chi connectivity index (χ0n) is 15.9. The van der Waals surface area contributed by atoms with E-state index in [1.54, 1.807) is 17.4 Å². The molecule has 3 nitrogen and oxygen atoms in total. The minimum Gasteiger partial charge on any atom is -0.339 e. The van der Waals surface area contributed by atoms with Gasteiger partial charge in [-0.15, -0.1) is 11.3 Å². The summed E-state index contributed by atoms with van der Waals surface area (Å²) < 4.78 is 0. The van der Waals surface area contributed by atoms with Crippen LogP contribution in [0.15, 0.2) is 23.6 Å². The highest BCUT2D eigenvalue weighted by molar-refractivity contribution is 7.10. The molecule has 1 spiro atoms. The summed E-state index contributed by atoms with van der Waals surface area (Å²) in [7, 11) is 0. The summed E-state index contributed by atoms with van der Waals surface area (Å²) in [5, 5.41) is 2.05. The molecular weight excluding hydrogens is 340 g/mol. The van der Waals surface area contributed by atoms with Gasteiger partial charge >= 0.3 is 0 Å². The molecule has 26 heavy (non-hydrogen) atoms. The Balaban J connectivity index is 1.31. The Morgan fingerprint density at radius 1 is 1.15 bits per heavy atom. The molecule has 1 unspecified atom stereocenters. The van der Waals surface area contributed by atoms with E-state index in [9.17, 15) is 4.79 Å². The van der Waals surface area contributed by atoms with Gasteiger partial charge in [0.25, 0.3) is 0 Å². The van der Waals surface area contributed by atoms with Gasteiger partial charge in [0.1, 0.15) is 0 Å². The van der Waals surface area contributed by atoms with E-state index >= 15 is 0 Å². The molecule has 1 saturated carbocycles. The normalized spacial score (nSPS) is 28.4. The summed E-state index contributed by atoms with van der Waals surface area (Å²) in [6, 6.07) is 4.09. The molecule has 3 aliphatic rings. The fourth-order valence-corrected chi connectivity index (χ4v) is 5.92. The van der Waals surface area contributed by atoms with E-state index in [1.807, 2.05) is 12.1 Å². The molecule has 3 heterocycles. The summed E-state index contributed by atoms with van der Waals surface area (Å²) in [6.45, 7) is 5.67. The van der Waals surface area contributed by atoms with Crippen LogP contribution in [0, 0.1) is 11.3 Å². The molecule has 0 bridgehead atoms. The van der Waals surface area contributed by atoms with Crippen molar-refractivity contribution in [1.82, 2.24) is 9.80 Å². The van der Waals surface area contributed by atoms with Crippen LogP contribution < -0.4 is 0 Å². The zero-order chi connectivity index (χ0) is 17.8. The first-order chi connectivity index (χ1) is 12.7. The van der Waals surface area contributed by atoms with E-state index in [2.05, 4.69) is 21.2 Å². The first-order valence-electron chi connectivity index (χ1n) is 10.5. The first kappa shape index (κ1) is 18.2. The van der Waals surface area contributed by atoms with Crippen LogP contribution in [0.1, 0.15) is 56.2 Å². The predicted molar refractivity (Wildman–Crippen MR) is 109 cm³/mol. The fourth-order valence-electron chi connectivity index (χ4n) is 5.30. The Hall–Kier alpha value is -1.13. The third-order valence-electron chi connectivity index (χ3n) is 6.66. The van der Waals surface area contributed by atoms with Crippen LogP contribution in [-0.2, 0) is 4.79 Å². The second-order valence-electron chi connectivity index (χ2n) is 8.70. The lowest BCUT2D eigenvalue weighted by atomic mass is 9.78. The van der Waals surface area contributed by atoms with E-state index in [0.29, 0.717) is 5.41 Å².